The summed E-state index contributed by atoms with van der Waals surface area (Å²) in [4.78, 5) is 13.8. The topological polar surface area (TPSA) is 46.3 Å². The van der Waals surface area contributed by atoms with Crippen LogP contribution in [0.5, 0.6) is 0 Å². The van der Waals surface area contributed by atoms with Gasteiger partial charge in [0.05, 0.1) is 6.04 Å². The van der Waals surface area contributed by atoms with Crippen LogP contribution >= 0.6 is 0 Å². The summed E-state index contributed by atoms with van der Waals surface area (Å²) < 4.78 is 0. The minimum Gasteiger partial charge on any atom is -0.338 e. The van der Waals surface area contributed by atoms with Crippen LogP contribution in [0.25, 0.3) is 0 Å². The molecule has 1 aliphatic heterocycles. The van der Waals surface area contributed by atoms with Crippen LogP contribution in [-0.2, 0) is 4.79 Å². The molecule has 14 heavy (non-hydrogen) atoms. The van der Waals surface area contributed by atoms with Gasteiger partial charge in [-0.3, -0.25) is 4.79 Å². The first kappa shape index (κ1) is 11.5. The van der Waals surface area contributed by atoms with Crippen molar-refractivity contribution in [2.45, 2.75) is 52.1 Å². The number of rotatable bonds is 3. The Morgan fingerprint density at radius 3 is 2.64 bits per heavy atom. The Labute approximate surface area is 86.6 Å². The summed E-state index contributed by atoms with van der Waals surface area (Å²) in [5.74, 6) is 0.770. The maximum Gasteiger partial charge on any atom is 0.239 e. The zero-order valence-corrected chi connectivity index (χ0v) is 9.49. The summed E-state index contributed by atoms with van der Waals surface area (Å²) in [5, 5.41) is 0. The Morgan fingerprint density at radius 2 is 2.21 bits per heavy atom. The Kier molecular flexibility index (Phi) is 3.93. The highest BCUT2D eigenvalue weighted by Crippen LogP contribution is 2.23. The highest BCUT2D eigenvalue weighted by atomic mass is 16.2. The van der Waals surface area contributed by atoms with Crippen LogP contribution in [0.15, 0.2) is 0 Å². The molecule has 3 unspecified atom stereocenters. The molecule has 1 rings (SSSR count). The van der Waals surface area contributed by atoms with E-state index in [1.54, 1.807) is 0 Å². The quantitative estimate of drug-likeness (QED) is 0.744. The fourth-order valence-electron chi connectivity index (χ4n) is 2.25. The highest BCUT2D eigenvalue weighted by molar-refractivity contribution is 5.82. The van der Waals surface area contributed by atoms with Gasteiger partial charge in [0.25, 0.3) is 0 Å². The van der Waals surface area contributed by atoms with Gasteiger partial charge in [-0.15, -0.1) is 0 Å². The van der Waals surface area contributed by atoms with E-state index in [1.807, 2.05) is 4.90 Å². The van der Waals surface area contributed by atoms with Gasteiger partial charge in [0, 0.05) is 12.6 Å². The zero-order valence-electron chi connectivity index (χ0n) is 9.49. The number of nitrogens with zero attached hydrogens (tertiary/aromatic N) is 1. The van der Waals surface area contributed by atoms with E-state index in [2.05, 4.69) is 20.8 Å². The van der Waals surface area contributed by atoms with E-state index in [9.17, 15) is 4.79 Å². The summed E-state index contributed by atoms with van der Waals surface area (Å²) >= 11 is 0. The Morgan fingerprint density at radius 1 is 1.57 bits per heavy atom. The molecule has 0 spiro atoms. The van der Waals surface area contributed by atoms with Crippen LogP contribution in [0.2, 0.25) is 0 Å². The number of hydrogen-bond acceptors (Lipinski definition) is 2. The zero-order chi connectivity index (χ0) is 10.7. The molecule has 1 saturated heterocycles. The predicted molar refractivity (Wildman–Crippen MR) is 57.8 cm³/mol. The van der Waals surface area contributed by atoms with Gasteiger partial charge < -0.3 is 10.6 Å². The number of amides is 1. The van der Waals surface area contributed by atoms with Crippen LogP contribution in [0.4, 0.5) is 0 Å². The number of likely N-dealkylation sites (tertiary alicyclic amines) is 1. The van der Waals surface area contributed by atoms with Crippen molar-refractivity contribution in [1.29, 1.82) is 0 Å². The van der Waals surface area contributed by atoms with Crippen molar-refractivity contribution in [3.63, 3.8) is 0 Å². The molecular formula is C11H22N2O. The lowest BCUT2D eigenvalue weighted by atomic mass is 10.1. The molecule has 0 aromatic rings. The van der Waals surface area contributed by atoms with Crippen molar-refractivity contribution in [3.05, 3.63) is 0 Å². The number of nitrogens with two attached hydrogens (primary N) is 1. The van der Waals surface area contributed by atoms with Gasteiger partial charge in [-0.1, -0.05) is 20.3 Å². The first-order chi connectivity index (χ1) is 6.56. The van der Waals surface area contributed by atoms with Crippen LogP contribution < -0.4 is 5.73 Å². The molecule has 3 atom stereocenters. The van der Waals surface area contributed by atoms with E-state index >= 15 is 0 Å². The van der Waals surface area contributed by atoms with Crippen molar-refractivity contribution in [2.24, 2.45) is 11.7 Å². The Balaban J connectivity index is 2.52. The van der Waals surface area contributed by atoms with Crippen molar-refractivity contribution in [3.8, 4) is 0 Å². The third-order valence-corrected chi connectivity index (χ3v) is 2.98. The van der Waals surface area contributed by atoms with Gasteiger partial charge in [0.2, 0.25) is 5.91 Å². The lowest BCUT2D eigenvalue weighted by Crippen LogP contribution is -2.45. The third kappa shape index (κ3) is 2.47. The van der Waals surface area contributed by atoms with E-state index in [-0.39, 0.29) is 11.9 Å². The standard InChI is InChI=1S/C11H22N2O/c1-4-5-10(12)11(14)13-7-8(2)6-9(13)3/h8-10H,4-7,12H2,1-3H3. The minimum absolute atomic E-state index is 0.142. The van der Waals surface area contributed by atoms with E-state index in [4.69, 9.17) is 5.73 Å². The van der Waals surface area contributed by atoms with Gasteiger partial charge >= 0.3 is 0 Å². The van der Waals surface area contributed by atoms with Crippen molar-refractivity contribution >= 4 is 5.91 Å². The van der Waals surface area contributed by atoms with E-state index in [0.29, 0.717) is 12.0 Å². The molecule has 3 heteroatoms. The molecule has 82 valence electrons. The molecule has 0 aromatic carbocycles. The first-order valence-electron chi connectivity index (χ1n) is 5.62. The monoisotopic (exact) mass is 198 g/mol. The molecule has 1 fully saturated rings. The summed E-state index contributed by atoms with van der Waals surface area (Å²) in [6.07, 6.45) is 2.89. The summed E-state index contributed by atoms with van der Waals surface area (Å²) in [5.41, 5.74) is 5.82. The molecule has 0 aromatic heterocycles. The number of carbonyl (C=O) groups is 1. The summed E-state index contributed by atoms with van der Waals surface area (Å²) in [6, 6.07) is 0.0909. The summed E-state index contributed by atoms with van der Waals surface area (Å²) in [7, 11) is 0. The second-order valence-electron chi connectivity index (χ2n) is 4.58. The van der Waals surface area contributed by atoms with Gasteiger partial charge in [-0.05, 0) is 25.7 Å². The molecule has 0 saturated carbocycles. The molecule has 2 N–H and O–H groups in total. The van der Waals surface area contributed by atoms with Crippen LogP contribution in [-0.4, -0.2) is 29.4 Å². The normalized spacial score (nSPS) is 29.3. The molecule has 3 nitrogen and oxygen atoms in total. The molecule has 0 radical (unpaired) electrons. The Bertz CT molecular complexity index is 205. The van der Waals surface area contributed by atoms with Crippen LogP contribution in [0.1, 0.15) is 40.0 Å². The maximum absolute atomic E-state index is 11.9. The van der Waals surface area contributed by atoms with E-state index in [0.717, 1.165) is 25.8 Å². The minimum atomic E-state index is -0.284. The lowest BCUT2D eigenvalue weighted by Gasteiger charge is -2.24. The average Bonchev–Trinajstić information content (AvgIpc) is 2.44. The van der Waals surface area contributed by atoms with E-state index < -0.39 is 0 Å². The van der Waals surface area contributed by atoms with Gasteiger partial charge in [-0.25, -0.2) is 0 Å². The second-order valence-corrected chi connectivity index (χ2v) is 4.58. The fraction of sp³-hybridized carbons (Fsp3) is 0.909. The van der Waals surface area contributed by atoms with E-state index in [1.165, 1.54) is 0 Å². The molecule has 0 bridgehead atoms. The van der Waals surface area contributed by atoms with Crippen molar-refractivity contribution in [1.82, 2.24) is 4.90 Å². The molecule has 1 amide bonds. The van der Waals surface area contributed by atoms with Gasteiger partial charge in [0.1, 0.15) is 0 Å². The smallest absolute Gasteiger partial charge is 0.239 e. The number of hydrogen-bond donors (Lipinski definition) is 1. The Hall–Kier alpha value is -0.570. The maximum atomic E-state index is 11.9. The highest BCUT2D eigenvalue weighted by Gasteiger charge is 2.31. The van der Waals surface area contributed by atoms with Crippen LogP contribution in [0, 0.1) is 5.92 Å². The lowest BCUT2D eigenvalue weighted by molar-refractivity contribution is -0.133. The first-order valence-corrected chi connectivity index (χ1v) is 5.62. The SMILES string of the molecule is CCCC(N)C(=O)N1CC(C)CC1C. The van der Waals surface area contributed by atoms with Crippen LogP contribution in [0.3, 0.4) is 0 Å². The molecule has 0 aliphatic carbocycles. The molecule has 1 aliphatic rings. The second kappa shape index (κ2) is 4.78. The molecular weight excluding hydrogens is 176 g/mol. The summed E-state index contributed by atoms with van der Waals surface area (Å²) in [6.45, 7) is 7.25. The molecule has 1 heterocycles. The van der Waals surface area contributed by atoms with Crippen molar-refractivity contribution in [2.75, 3.05) is 6.54 Å². The third-order valence-electron chi connectivity index (χ3n) is 2.98. The van der Waals surface area contributed by atoms with Gasteiger partial charge in [-0.2, -0.15) is 0 Å². The van der Waals surface area contributed by atoms with Gasteiger partial charge in [0.15, 0.2) is 0 Å². The largest absolute Gasteiger partial charge is 0.338 e. The fourth-order valence-corrected chi connectivity index (χ4v) is 2.25. The number of carbonyl (C=O) groups excluding carboxylic acids is 1. The predicted octanol–water partition coefficient (Wildman–Crippen LogP) is 1.37. The van der Waals surface area contributed by atoms with Crippen molar-refractivity contribution < 1.29 is 4.79 Å². The average molecular weight is 198 g/mol.